The Hall–Kier alpha value is -5.12. The van der Waals surface area contributed by atoms with Crippen LogP contribution in [0.4, 0.5) is 16.2 Å². The molecule has 1 aromatic heterocycles. The number of aliphatic hydroxyl groups excluding tert-OH is 1. The number of nitrogens with zero attached hydrogens (tertiary/aromatic N) is 2. The Kier molecular flexibility index (Phi) is 9.33. The highest BCUT2D eigenvalue weighted by Gasteiger charge is 2.23. The molecule has 1 aliphatic rings. The molecule has 6 rings (SSSR count). The lowest BCUT2D eigenvalue weighted by molar-refractivity contribution is 0.102. The van der Waals surface area contributed by atoms with Gasteiger partial charge in [-0.25, -0.2) is 4.79 Å². The van der Waals surface area contributed by atoms with Gasteiger partial charge < -0.3 is 30.4 Å². The maximum Gasteiger partial charge on any atom is 0.319 e. The average Bonchev–Trinajstić information content (AvgIpc) is 3.67. The second kappa shape index (κ2) is 13.9. The van der Waals surface area contributed by atoms with E-state index in [1.54, 1.807) is 48.5 Å². The summed E-state index contributed by atoms with van der Waals surface area (Å²) in [5.74, 6) is 1.41. The average molecular weight is 618 g/mol. The van der Waals surface area contributed by atoms with Crippen molar-refractivity contribution in [2.45, 2.75) is 32.9 Å². The SMILES string of the molecule is CC(C)NC(=O)Nc1ccc(Oc2ccc(NC(=O)c3ccc(-n4cc(CN5CC[C@@H](CO)C5)c5ccccc54)cc3)cc2)cc1. The van der Waals surface area contributed by atoms with Crippen LogP contribution < -0.4 is 20.7 Å². The van der Waals surface area contributed by atoms with Gasteiger partial charge in [0.05, 0.1) is 5.52 Å². The van der Waals surface area contributed by atoms with E-state index in [0.717, 1.165) is 37.3 Å². The van der Waals surface area contributed by atoms with Crippen LogP contribution in [0.2, 0.25) is 0 Å². The van der Waals surface area contributed by atoms with Gasteiger partial charge in [0.15, 0.2) is 0 Å². The number of fused-ring (bicyclic) bond motifs is 1. The fourth-order valence-corrected chi connectivity index (χ4v) is 5.79. The summed E-state index contributed by atoms with van der Waals surface area (Å²) < 4.78 is 8.10. The van der Waals surface area contributed by atoms with E-state index in [9.17, 15) is 14.7 Å². The molecule has 46 heavy (non-hydrogen) atoms. The molecule has 4 N–H and O–H groups in total. The van der Waals surface area contributed by atoms with Crippen molar-refractivity contribution < 1.29 is 19.4 Å². The van der Waals surface area contributed by atoms with E-state index in [1.807, 2.05) is 44.2 Å². The number of carbonyl (C=O) groups excluding carboxylic acids is 2. The molecule has 236 valence electrons. The maximum absolute atomic E-state index is 13.1. The third kappa shape index (κ3) is 7.39. The quantitative estimate of drug-likeness (QED) is 0.135. The van der Waals surface area contributed by atoms with Crippen LogP contribution >= 0.6 is 0 Å². The Morgan fingerprint density at radius 2 is 1.52 bits per heavy atom. The van der Waals surface area contributed by atoms with E-state index in [1.165, 1.54) is 10.9 Å². The molecule has 1 fully saturated rings. The molecule has 2 heterocycles. The first-order valence-corrected chi connectivity index (χ1v) is 15.6. The van der Waals surface area contributed by atoms with Crippen LogP contribution in [0.3, 0.4) is 0 Å². The van der Waals surface area contributed by atoms with Gasteiger partial charge >= 0.3 is 6.03 Å². The standard InChI is InChI=1S/C37H39N5O4/c1-25(2)38-37(45)40-30-11-17-33(18-12-30)46-32-15-9-29(10-16-32)39-36(44)27-7-13-31(14-8-27)42-23-28(34-5-3-4-6-35(34)42)22-41-20-19-26(21-41)24-43/h3-18,23,25-26,43H,19-22,24H2,1-2H3,(H,39,44)(H2,38,40,45)/t26-/m1/s1. The van der Waals surface area contributed by atoms with Crippen molar-refractivity contribution >= 4 is 34.2 Å². The molecule has 0 spiro atoms. The van der Waals surface area contributed by atoms with E-state index in [4.69, 9.17) is 4.74 Å². The van der Waals surface area contributed by atoms with Gasteiger partial charge in [-0.2, -0.15) is 0 Å². The highest BCUT2D eigenvalue weighted by molar-refractivity contribution is 6.04. The number of likely N-dealkylation sites (tertiary alicyclic amines) is 1. The van der Waals surface area contributed by atoms with Gasteiger partial charge in [0.2, 0.25) is 0 Å². The number of para-hydroxylation sites is 1. The summed E-state index contributed by atoms with van der Waals surface area (Å²) in [6.07, 6.45) is 3.22. The first-order chi connectivity index (χ1) is 22.3. The van der Waals surface area contributed by atoms with E-state index in [-0.39, 0.29) is 24.6 Å². The van der Waals surface area contributed by atoms with E-state index >= 15 is 0 Å². The second-order valence-electron chi connectivity index (χ2n) is 12.0. The lowest BCUT2D eigenvalue weighted by atomic mass is 10.1. The number of amides is 3. The molecule has 9 nitrogen and oxygen atoms in total. The molecule has 4 aromatic carbocycles. The summed E-state index contributed by atoms with van der Waals surface area (Å²) in [6.45, 7) is 6.80. The Morgan fingerprint density at radius 1 is 0.870 bits per heavy atom. The number of nitrogens with one attached hydrogen (secondary N) is 3. The molecule has 3 amide bonds. The first-order valence-electron chi connectivity index (χ1n) is 15.6. The Balaban J connectivity index is 1.07. The molecule has 0 saturated carbocycles. The summed E-state index contributed by atoms with van der Waals surface area (Å²) in [5.41, 5.74) is 5.24. The number of ether oxygens (including phenoxy) is 1. The van der Waals surface area contributed by atoms with Crippen LogP contribution in [0.1, 0.15) is 36.2 Å². The van der Waals surface area contributed by atoms with E-state index < -0.39 is 0 Å². The van der Waals surface area contributed by atoms with Crippen LogP contribution in [0.25, 0.3) is 16.6 Å². The van der Waals surface area contributed by atoms with Crippen LogP contribution in [0.5, 0.6) is 11.5 Å². The van der Waals surface area contributed by atoms with Crippen molar-refractivity contribution in [1.29, 1.82) is 0 Å². The number of benzene rings is 4. The molecule has 1 aliphatic heterocycles. The van der Waals surface area contributed by atoms with Gasteiger partial charge in [0.1, 0.15) is 11.5 Å². The largest absolute Gasteiger partial charge is 0.457 e. The number of carbonyl (C=O) groups is 2. The first kappa shape index (κ1) is 30.9. The monoisotopic (exact) mass is 617 g/mol. The topological polar surface area (TPSA) is 108 Å². The number of hydrogen-bond donors (Lipinski definition) is 4. The third-order valence-electron chi connectivity index (χ3n) is 8.10. The molecule has 1 saturated heterocycles. The molecule has 9 heteroatoms. The van der Waals surface area contributed by atoms with Crippen molar-refractivity contribution in [2.24, 2.45) is 5.92 Å². The minimum atomic E-state index is -0.257. The Labute approximate surface area is 268 Å². The summed E-state index contributed by atoms with van der Waals surface area (Å²) in [7, 11) is 0. The van der Waals surface area contributed by atoms with Gasteiger partial charge in [-0.05, 0) is 117 Å². The third-order valence-corrected chi connectivity index (χ3v) is 8.10. The molecule has 5 aromatic rings. The second-order valence-corrected chi connectivity index (χ2v) is 12.0. The molecular weight excluding hydrogens is 578 g/mol. The predicted octanol–water partition coefficient (Wildman–Crippen LogP) is 7.02. The summed E-state index contributed by atoms with van der Waals surface area (Å²) >= 11 is 0. The lowest BCUT2D eigenvalue weighted by Gasteiger charge is -2.14. The summed E-state index contributed by atoms with van der Waals surface area (Å²) in [6, 6.07) is 30.1. The number of aromatic nitrogens is 1. The van der Waals surface area contributed by atoms with E-state index in [0.29, 0.717) is 34.4 Å². The van der Waals surface area contributed by atoms with Crippen molar-refractivity contribution in [3.8, 4) is 17.2 Å². The van der Waals surface area contributed by atoms with Crippen LogP contribution in [-0.2, 0) is 6.54 Å². The smallest absolute Gasteiger partial charge is 0.319 e. The van der Waals surface area contributed by atoms with E-state index in [2.05, 4.69) is 49.8 Å². The zero-order valence-electron chi connectivity index (χ0n) is 26.1. The fourth-order valence-electron chi connectivity index (χ4n) is 5.79. The highest BCUT2D eigenvalue weighted by Crippen LogP contribution is 2.29. The van der Waals surface area contributed by atoms with Gasteiger partial charge in [0.25, 0.3) is 5.91 Å². The fraction of sp³-hybridized carbons (Fsp3) is 0.243. The molecule has 0 bridgehead atoms. The van der Waals surface area contributed by atoms with Crippen molar-refractivity contribution in [2.75, 3.05) is 30.3 Å². The zero-order valence-corrected chi connectivity index (χ0v) is 26.1. The van der Waals surface area contributed by atoms with Gasteiger partial charge in [0, 0.05) is 59.9 Å². The number of anilines is 2. The number of aliphatic hydroxyl groups is 1. The maximum atomic E-state index is 13.1. The van der Waals surface area contributed by atoms with Crippen LogP contribution in [0.15, 0.2) is 103 Å². The number of urea groups is 1. The lowest BCUT2D eigenvalue weighted by Crippen LogP contribution is -2.34. The number of hydrogen-bond acceptors (Lipinski definition) is 5. The number of rotatable bonds is 10. The summed E-state index contributed by atoms with van der Waals surface area (Å²) in [4.78, 5) is 27.4. The minimum absolute atomic E-state index is 0.0498. The van der Waals surface area contributed by atoms with Crippen LogP contribution in [-0.4, -0.2) is 52.3 Å². The minimum Gasteiger partial charge on any atom is -0.457 e. The molecule has 1 atom stereocenters. The highest BCUT2D eigenvalue weighted by atomic mass is 16.5. The van der Waals surface area contributed by atoms with Crippen molar-refractivity contribution in [3.63, 3.8) is 0 Å². The van der Waals surface area contributed by atoms with Gasteiger partial charge in [-0.15, -0.1) is 0 Å². The molecular formula is C37H39N5O4. The zero-order chi connectivity index (χ0) is 32.0. The van der Waals surface area contributed by atoms with Crippen molar-refractivity contribution in [1.82, 2.24) is 14.8 Å². The Bertz CT molecular complexity index is 1800. The normalized spacial score (nSPS) is 14.8. The summed E-state index contributed by atoms with van der Waals surface area (Å²) in [5, 5.41) is 19.3. The Morgan fingerprint density at radius 3 is 2.15 bits per heavy atom. The molecule has 0 aliphatic carbocycles. The van der Waals surface area contributed by atoms with Crippen molar-refractivity contribution in [3.05, 3.63) is 114 Å². The van der Waals surface area contributed by atoms with Crippen LogP contribution in [0, 0.1) is 5.92 Å². The van der Waals surface area contributed by atoms with Gasteiger partial charge in [-0.3, -0.25) is 9.69 Å². The van der Waals surface area contributed by atoms with Gasteiger partial charge in [-0.1, -0.05) is 18.2 Å². The molecule has 0 unspecified atom stereocenters. The predicted molar refractivity (Wildman–Crippen MR) is 182 cm³/mol. The molecule has 0 radical (unpaired) electrons.